The SMILES string of the molecule is Nc1nc2c(c(=O)[nH]1)NCN2Cc1ccc(F)cc1. The summed E-state index contributed by atoms with van der Waals surface area (Å²) in [6.45, 7) is 0.989. The first kappa shape index (κ1) is 11.5. The maximum atomic E-state index is 12.8. The van der Waals surface area contributed by atoms with Gasteiger partial charge in [0.05, 0.1) is 6.67 Å². The van der Waals surface area contributed by atoms with E-state index in [1.165, 1.54) is 12.1 Å². The molecule has 98 valence electrons. The summed E-state index contributed by atoms with van der Waals surface area (Å²) < 4.78 is 12.8. The molecule has 1 aliphatic rings. The van der Waals surface area contributed by atoms with Crippen molar-refractivity contribution >= 4 is 17.5 Å². The largest absolute Gasteiger partial charge is 0.369 e. The van der Waals surface area contributed by atoms with Crippen molar-refractivity contribution in [1.82, 2.24) is 9.97 Å². The summed E-state index contributed by atoms with van der Waals surface area (Å²) in [5, 5.41) is 2.97. The van der Waals surface area contributed by atoms with Crippen molar-refractivity contribution in [2.75, 3.05) is 22.6 Å². The Kier molecular flexibility index (Phi) is 2.59. The number of nitrogens with zero attached hydrogens (tertiary/aromatic N) is 2. The Morgan fingerprint density at radius 3 is 2.84 bits per heavy atom. The smallest absolute Gasteiger partial charge is 0.277 e. The molecule has 0 saturated heterocycles. The van der Waals surface area contributed by atoms with E-state index in [2.05, 4.69) is 15.3 Å². The van der Waals surface area contributed by atoms with Crippen molar-refractivity contribution in [2.24, 2.45) is 0 Å². The minimum atomic E-state index is -0.288. The van der Waals surface area contributed by atoms with Gasteiger partial charge in [-0.3, -0.25) is 9.78 Å². The molecule has 1 aromatic carbocycles. The van der Waals surface area contributed by atoms with E-state index in [-0.39, 0.29) is 17.3 Å². The van der Waals surface area contributed by atoms with Gasteiger partial charge in [-0.05, 0) is 17.7 Å². The molecule has 2 aromatic rings. The van der Waals surface area contributed by atoms with Crippen molar-refractivity contribution in [3.05, 3.63) is 46.0 Å². The van der Waals surface area contributed by atoms with E-state index in [9.17, 15) is 9.18 Å². The predicted octanol–water partition coefficient (Wildman–Crippen LogP) is 0.881. The number of benzene rings is 1. The summed E-state index contributed by atoms with van der Waals surface area (Å²) in [4.78, 5) is 20.1. The van der Waals surface area contributed by atoms with Gasteiger partial charge in [0.1, 0.15) is 11.5 Å². The van der Waals surface area contributed by atoms with E-state index < -0.39 is 0 Å². The number of nitrogens with one attached hydrogen (secondary N) is 2. The topological polar surface area (TPSA) is 87.0 Å². The molecule has 0 fully saturated rings. The molecule has 0 amide bonds. The molecule has 19 heavy (non-hydrogen) atoms. The number of rotatable bonds is 2. The Hall–Kier alpha value is -2.57. The number of nitrogen functional groups attached to an aromatic ring is 1. The highest BCUT2D eigenvalue weighted by atomic mass is 19.1. The van der Waals surface area contributed by atoms with Crippen LogP contribution in [0.3, 0.4) is 0 Å². The van der Waals surface area contributed by atoms with Crippen LogP contribution in [-0.4, -0.2) is 16.6 Å². The molecule has 0 saturated carbocycles. The highest BCUT2D eigenvalue weighted by Gasteiger charge is 2.23. The molecule has 1 aromatic heterocycles. The van der Waals surface area contributed by atoms with Crippen LogP contribution in [-0.2, 0) is 6.54 Å². The van der Waals surface area contributed by atoms with Gasteiger partial charge in [-0.2, -0.15) is 4.98 Å². The van der Waals surface area contributed by atoms with Crippen LogP contribution < -0.4 is 21.5 Å². The Morgan fingerprint density at radius 2 is 2.11 bits per heavy atom. The number of H-pyrrole nitrogens is 1. The molecule has 0 radical (unpaired) electrons. The van der Waals surface area contributed by atoms with Crippen LogP contribution >= 0.6 is 0 Å². The molecule has 6 nitrogen and oxygen atoms in total. The fourth-order valence-corrected chi connectivity index (χ4v) is 2.06. The number of hydrogen-bond acceptors (Lipinski definition) is 5. The molecule has 0 bridgehead atoms. The van der Waals surface area contributed by atoms with Crippen LogP contribution in [0.15, 0.2) is 29.1 Å². The third-order valence-corrected chi connectivity index (χ3v) is 2.95. The number of aromatic nitrogens is 2. The van der Waals surface area contributed by atoms with Crippen molar-refractivity contribution in [1.29, 1.82) is 0 Å². The number of nitrogens with two attached hydrogens (primary N) is 1. The van der Waals surface area contributed by atoms with Gasteiger partial charge in [-0.1, -0.05) is 12.1 Å². The van der Waals surface area contributed by atoms with Gasteiger partial charge in [-0.15, -0.1) is 0 Å². The van der Waals surface area contributed by atoms with Gasteiger partial charge < -0.3 is 16.0 Å². The Balaban J connectivity index is 1.90. The van der Waals surface area contributed by atoms with Crippen LogP contribution in [0.2, 0.25) is 0 Å². The second-order valence-electron chi connectivity index (χ2n) is 4.31. The Morgan fingerprint density at radius 1 is 1.37 bits per heavy atom. The second-order valence-corrected chi connectivity index (χ2v) is 4.31. The quantitative estimate of drug-likeness (QED) is 0.747. The van der Waals surface area contributed by atoms with Crippen LogP contribution in [0.25, 0.3) is 0 Å². The molecule has 4 N–H and O–H groups in total. The Bertz CT molecular complexity index is 667. The molecular weight excluding hydrogens is 249 g/mol. The first-order valence-electron chi connectivity index (χ1n) is 5.76. The third kappa shape index (κ3) is 2.10. The van der Waals surface area contributed by atoms with Crippen molar-refractivity contribution in [2.45, 2.75) is 6.54 Å². The number of halogens is 1. The highest BCUT2D eigenvalue weighted by molar-refractivity contribution is 5.70. The number of hydrogen-bond donors (Lipinski definition) is 3. The van der Waals surface area contributed by atoms with Gasteiger partial charge in [0.25, 0.3) is 5.56 Å². The molecular formula is C12H12FN5O. The maximum absolute atomic E-state index is 12.8. The predicted molar refractivity (Wildman–Crippen MR) is 70.3 cm³/mol. The summed E-state index contributed by atoms with van der Waals surface area (Å²) in [7, 11) is 0. The van der Waals surface area contributed by atoms with Crippen molar-refractivity contribution < 1.29 is 4.39 Å². The van der Waals surface area contributed by atoms with Gasteiger partial charge in [0.2, 0.25) is 5.95 Å². The minimum absolute atomic E-state index is 0.0801. The minimum Gasteiger partial charge on any atom is -0.369 e. The molecule has 0 spiro atoms. The van der Waals surface area contributed by atoms with E-state index in [0.29, 0.717) is 24.7 Å². The highest BCUT2D eigenvalue weighted by Crippen LogP contribution is 2.26. The van der Waals surface area contributed by atoms with Crippen molar-refractivity contribution in [3.63, 3.8) is 0 Å². The van der Waals surface area contributed by atoms with Crippen LogP contribution in [0.4, 0.5) is 21.8 Å². The van der Waals surface area contributed by atoms with Crippen molar-refractivity contribution in [3.8, 4) is 0 Å². The van der Waals surface area contributed by atoms with E-state index in [4.69, 9.17) is 5.73 Å². The van der Waals surface area contributed by atoms with Crippen LogP contribution in [0.1, 0.15) is 5.56 Å². The molecule has 0 atom stereocenters. The lowest BCUT2D eigenvalue weighted by Gasteiger charge is -2.16. The lowest BCUT2D eigenvalue weighted by molar-refractivity contribution is 0.626. The molecule has 2 heterocycles. The fourth-order valence-electron chi connectivity index (χ4n) is 2.06. The van der Waals surface area contributed by atoms with E-state index in [1.807, 2.05) is 4.90 Å². The molecule has 3 rings (SSSR count). The number of aromatic amines is 1. The summed E-state index contributed by atoms with van der Waals surface area (Å²) in [5.41, 5.74) is 6.59. The van der Waals surface area contributed by atoms with E-state index in [0.717, 1.165) is 5.56 Å². The van der Waals surface area contributed by atoms with E-state index in [1.54, 1.807) is 12.1 Å². The molecule has 7 heteroatoms. The third-order valence-electron chi connectivity index (χ3n) is 2.95. The summed E-state index contributed by atoms with van der Waals surface area (Å²) in [6.07, 6.45) is 0. The average Bonchev–Trinajstić information content (AvgIpc) is 2.76. The molecule has 1 aliphatic heterocycles. The van der Waals surface area contributed by atoms with Gasteiger partial charge in [0, 0.05) is 6.54 Å². The zero-order valence-electron chi connectivity index (χ0n) is 9.98. The lowest BCUT2D eigenvalue weighted by Crippen LogP contribution is -2.22. The zero-order chi connectivity index (χ0) is 13.4. The molecule has 0 unspecified atom stereocenters. The lowest BCUT2D eigenvalue weighted by atomic mass is 10.2. The number of fused-ring (bicyclic) bond motifs is 1. The van der Waals surface area contributed by atoms with Crippen LogP contribution in [0.5, 0.6) is 0 Å². The number of anilines is 3. The maximum Gasteiger partial charge on any atom is 0.277 e. The first-order chi connectivity index (χ1) is 9.13. The summed E-state index contributed by atoms with van der Waals surface area (Å²) in [5.74, 6) is 0.324. The van der Waals surface area contributed by atoms with Gasteiger partial charge in [-0.25, -0.2) is 4.39 Å². The van der Waals surface area contributed by atoms with Crippen LogP contribution in [0, 0.1) is 5.82 Å². The first-order valence-corrected chi connectivity index (χ1v) is 5.76. The average molecular weight is 261 g/mol. The van der Waals surface area contributed by atoms with Gasteiger partial charge in [0.15, 0.2) is 5.82 Å². The zero-order valence-corrected chi connectivity index (χ0v) is 9.98. The normalized spacial score (nSPS) is 13.2. The summed E-state index contributed by atoms with van der Waals surface area (Å²) in [6, 6.07) is 6.20. The Labute approximate surface area is 108 Å². The van der Waals surface area contributed by atoms with Gasteiger partial charge >= 0.3 is 0 Å². The standard InChI is InChI=1S/C12H12FN5O/c13-8-3-1-7(2-4-8)5-18-6-15-9-10(18)16-12(14)17-11(9)19/h1-4,15H,5-6H2,(H3,14,16,17,19). The van der Waals surface area contributed by atoms with E-state index >= 15 is 0 Å². The molecule has 0 aliphatic carbocycles. The monoisotopic (exact) mass is 261 g/mol. The fraction of sp³-hybridized carbons (Fsp3) is 0.167. The summed E-state index contributed by atoms with van der Waals surface area (Å²) >= 11 is 0. The second kappa shape index (κ2) is 4.27.